The van der Waals surface area contributed by atoms with Gasteiger partial charge in [-0.15, -0.1) is 95.9 Å². The maximum absolute atomic E-state index is 14.4. The van der Waals surface area contributed by atoms with Crippen LogP contribution in [0.2, 0.25) is 0 Å². The molecule has 0 saturated heterocycles. The molecule has 0 aliphatic rings. The molecule has 0 amide bonds. The Morgan fingerprint density at radius 1 is 0.443 bits per heavy atom. The van der Waals surface area contributed by atoms with Crippen LogP contribution < -0.4 is 0 Å². The van der Waals surface area contributed by atoms with Crippen molar-refractivity contribution in [2.24, 2.45) is 0 Å². The third kappa shape index (κ3) is 14.9. The Balaban J connectivity index is 0.000000140. The number of halogens is 6. The second kappa shape index (κ2) is 33.4. The maximum atomic E-state index is 14.4. The van der Waals surface area contributed by atoms with Gasteiger partial charge in [-0.1, -0.05) is 153 Å². The summed E-state index contributed by atoms with van der Waals surface area (Å²) >= 11 is 13.8. The van der Waals surface area contributed by atoms with E-state index in [1.165, 1.54) is 44.2 Å². The van der Waals surface area contributed by atoms with Gasteiger partial charge in [0.05, 0.1) is 57.1 Å². The zero-order valence-corrected chi connectivity index (χ0v) is 73.7. The summed E-state index contributed by atoms with van der Waals surface area (Å²) in [5, 5.41) is 7.83. The molecule has 0 aliphatic carbocycles. The summed E-state index contributed by atoms with van der Waals surface area (Å²) in [5.74, 6) is 0.644. The number of para-hydroxylation sites is 4. The van der Waals surface area contributed by atoms with Gasteiger partial charge in [0.2, 0.25) is 0 Å². The normalized spacial score (nSPS) is 11.0. The number of hydrogen-bond donors (Lipinski definition) is 0. The van der Waals surface area contributed by atoms with Crippen LogP contribution in [-0.4, -0.2) is 38.0 Å². The number of aromatic nitrogens is 8. The zero-order valence-electron chi connectivity index (χ0n) is 57.8. The quantitative estimate of drug-likeness (QED) is 0.0896. The monoisotopic (exact) mass is 2360 g/mol. The smallest absolute Gasteiger partial charge is 0.137 e. The van der Waals surface area contributed by atoms with E-state index in [9.17, 15) is 8.78 Å². The van der Waals surface area contributed by atoms with Gasteiger partial charge in [-0.25, -0.2) is 0 Å². The number of nitrogens with zero attached hydrogens (tertiary/aromatic N) is 8. The summed E-state index contributed by atoms with van der Waals surface area (Å²) in [6, 6.07) is 77.4. The van der Waals surface area contributed by atoms with Crippen LogP contribution >= 0.6 is 63.7 Å². The van der Waals surface area contributed by atoms with Crippen molar-refractivity contribution in [2.75, 3.05) is 0 Å². The number of fused-ring (bicyclic) bond motifs is 12. The first-order valence-corrected chi connectivity index (χ1v) is 36.0. The maximum Gasteiger partial charge on any atom is 0.137 e. The average molecular weight is 2360 g/mol. The van der Waals surface area contributed by atoms with Gasteiger partial charge in [0, 0.05) is 143 Å². The van der Waals surface area contributed by atoms with Gasteiger partial charge in [-0.2, -0.15) is 0 Å². The standard InChI is InChI=1S/C24H18BrN2O.C23H16BrN2.C22H14BrN2O.C17H12BrF2N2.4Ir/c1-14-11-15(2)22(16(3)12-14)27-13-21(25)26-24(27)19-9-6-8-18-17-7-4-5-10-20(17)28-23(18)19;1-14-8-7-9-15(2)20(14)21-22(24)25-23-18-12-4-3-10-16(18)17-11-5-6-13-19(17)26(21)23;1-14-11-12-18-20(16-9-5-6-10-17(16)26-18)21(14)25-13-19(23)24-22(25)15-7-3-2-4-8-15;1-10-4-3-5-11(2)16(10)22-9-8-21-17(22)12-6-7-13(19)14(18)15(12)20;;;;/h4-8,10-13H,1-3H3;3-11,13H,1-2H3;2-7,9-13H,1H3;3-5,7-9H,1-2H3;;;;/q4*-1;;;;. The van der Waals surface area contributed by atoms with Crippen molar-refractivity contribution in [2.45, 2.75) is 55.4 Å². The first-order valence-electron chi connectivity index (χ1n) is 32.8. The first-order chi connectivity index (χ1) is 49.4. The van der Waals surface area contributed by atoms with Crippen molar-refractivity contribution in [3.63, 3.8) is 0 Å². The molecule has 10 nitrogen and oxygen atoms in total. The third-order valence-electron chi connectivity index (χ3n) is 18.3. The van der Waals surface area contributed by atoms with Crippen molar-refractivity contribution >= 4 is 135 Å². The van der Waals surface area contributed by atoms with Crippen molar-refractivity contribution in [1.82, 2.24) is 38.0 Å². The average Bonchev–Trinajstić information content (AvgIpc) is 1.52. The summed E-state index contributed by atoms with van der Waals surface area (Å²) in [6.45, 7) is 16.8. The molecule has 0 spiro atoms. The summed E-state index contributed by atoms with van der Waals surface area (Å²) in [6.07, 6.45) is 7.36. The van der Waals surface area contributed by atoms with E-state index in [2.05, 4.69) is 238 Å². The van der Waals surface area contributed by atoms with Crippen LogP contribution in [0.4, 0.5) is 8.78 Å². The topological polar surface area (TPSA) is 97.0 Å². The third-order valence-corrected chi connectivity index (χ3v) is 20.3. The minimum Gasteiger partial charge on any atom is -0.501 e. The Bertz CT molecular complexity index is 6260. The van der Waals surface area contributed by atoms with E-state index >= 15 is 0 Å². The van der Waals surface area contributed by atoms with E-state index in [-0.39, 0.29) is 90.5 Å². The zero-order chi connectivity index (χ0) is 70.8. The van der Waals surface area contributed by atoms with E-state index in [0.29, 0.717) is 5.82 Å². The Morgan fingerprint density at radius 3 is 1.72 bits per heavy atom. The fraction of sp³-hybridized carbons (Fsp3) is 0.0930. The van der Waals surface area contributed by atoms with Gasteiger partial charge in [0.1, 0.15) is 30.6 Å². The molecular formula is C86H60Br4F2Ir4N8O2-4. The molecule has 0 aliphatic heterocycles. The van der Waals surface area contributed by atoms with Crippen molar-refractivity contribution in [3.05, 3.63) is 318 Å². The molecule has 106 heavy (non-hydrogen) atoms. The van der Waals surface area contributed by atoms with Gasteiger partial charge in [0.25, 0.3) is 0 Å². The Hall–Kier alpha value is -7.76. The van der Waals surface area contributed by atoms with E-state index in [1.54, 1.807) is 17.0 Å². The fourth-order valence-corrected chi connectivity index (χ4v) is 15.6. The molecule has 0 bridgehead atoms. The molecule has 0 unspecified atom stereocenters. The van der Waals surface area contributed by atoms with Crippen LogP contribution in [0, 0.1) is 91.3 Å². The molecule has 0 saturated carbocycles. The van der Waals surface area contributed by atoms with Crippen LogP contribution in [-0.2, 0) is 80.4 Å². The predicted octanol–water partition coefficient (Wildman–Crippen LogP) is 24.7. The van der Waals surface area contributed by atoms with Gasteiger partial charge in [-0.3, -0.25) is 28.7 Å². The second-order valence-electron chi connectivity index (χ2n) is 25.1. The fourth-order valence-electron chi connectivity index (χ4n) is 14.0. The van der Waals surface area contributed by atoms with Crippen LogP contribution in [0.3, 0.4) is 0 Å². The molecule has 7 heterocycles. The van der Waals surface area contributed by atoms with Crippen LogP contribution in [0.25, 0.3) is 134 Å². The van der Waals surface area contributed by atoms with E-state index in [0.717, 1.165) is 143 Å². The number of hydrogen-bond acceptors (Lipinski definition) is 6. The number of furan rings is 2. The van der Waals surface area contributed by atoms with E-state index < -0.39 is 11.6 Å². The Morgan fingerprint density at radius 2 is 1.03 bits per heavy atom. The van der Waals surface area contributed by atoms with E-state index in [4.69, 9.17) is 18.8 Å². The second-order valence-corrected chi connectivity index (χ2v) is 28.3. The van der Waals surface area contributed by atoms with Crippen molar-refractivity contribution in [1.29, 1.82) is 0 Å². The Labute approximate surface area is 699 Å². The first kappa shape index (κ1) is 79.3. The van der Waals surface area contributed by atoms with Gasteiger partial charge in [-0.05, 0) is 172 Å². The van der Waals surface area contributed by atoms with Gasteiger partial charge >= 0.3 is 0 Å². The van der Waals surface area contributed by atoms with Crippen molar-refractivity contribution in [3.8, 4) is 62.5 Å². The molecule has 20 heteroatoms. The van der Waals surface area contributed by atoms with E-state index in [1.807, 2.05) is 129 Å². The summed E-state index contributed by atoms with van der Waals surface area (Å²) in [7, 11) is 0. The predicted molar refractivity (Wildman–Crippen MR) is 421 cm³/mol. The minimum absolute atomic E-state index is 0. The molecule has 7 aromatic heterocycles. The largest absolute Gasteiger partial charge is 0.501 e. The number of benzene rings is 11. The molecule has 0 N–H and O–H groups in total. The Kier molecular flexibility index (Phi) is 25.0. The molecule has 18 aromatic rings. The molecular weight excluding hydrogens is 2300 g/mol. The molecule has 538 valence electrons. The number of pyridine rings is 1. The van der Waals surface area contributed by atoms with Gasteiger partial charge < -0.3 is 26.9 Å². The SMILES string of the molecule is Cc1cc(C)c(-n2cc(Br)nc2-c2[c-]ccc3c2oc2ccccc23)c(C)c1.Cc1ccc2oc3ccccc3c2c1-n1cc(Br)nc1-c1[c-]cccc1.Cc1cccc(C)c1-c1c(Br)nc2c3[c-]cccc3c3ccccc3n12.Cc1cccc(C)c1-n1ccnc1-c1[c-]cc(F)c(Br)c1F.[Ir].[Ir].[Ir].[Ir]. The van der Waals surface area contributed by atoms with Crippen LogP contribution in [0.1, 0.15) is 44.5 Å². The molecule has 0 atom stereocenters. The summed E-state index contributed by atoms with van der Waals surface area (Å²) < 4.78 is 50.6. The number of imidazole rings is 4. The molecule has 0 fully saturated rings. The van der Waals surface area contributed by atoms with Crippen LogP contribution in [0.15, 0.2) is 246 Å². The minimum atomic E-state index is -0.710. The van der Waals surface area contributed by atoms with Crippen molar-refractivity contribution < 1.29 is 98.0 Å². The van der Waals surface area contributed by atoms with Crippen LogP contribution in [0.5, 0.6) is 0 Å². The summed E-state index contributed by atoms with van der Waals surface area (Å²) in [4.78, 5) is 18.6. The van der Waals surface area contributed by atoms with Gasteiger partial charge in [0.15, 0.2) is 0 Å². The summed E-state index contributed by atoms with van der Waals surface area (Å²) in [5.41, 5.74) is 22.4. The number of aryl methyl sites for hydroxylation is 8. The molecule has 18 rings (SSSR count). The molecule has 11 aromatic carbocycles. The molecule has 4 radical (unpaired) electrons. The number of rotatable bonds is 7.